The molecule has 2 aromatic carbocycles. The Morgan fingerprint density at radius 3 is 2.14 bits per heavy atom. The van der Waals surface area contributed by atoms with Gasteiger partial charge in [0.05, 0.1) is 16.9 Å². The van der Waals surface area contributed by atoms with E-state index in [0.717, 1.165) is 0 Å². The molecular formula is C17H19ClN2O5S3. The molecule has 0 bridgehead atoms. The van der Waals surface area contributed by atoms with Crippen LogP contribution >= 0.6 is 22.3 Å². The lowest BCUT2D eigenvalue weighted by molar-refractivity contribution is 0.414. The third-order valence-electron chi connectivity index (χ3n) is 4.08. The summed E-state index contributed by atoms with van der Waals surface area (Å²) in [6.07, 6.45) is 0. The smallest absolute Gasteiger partial charge is 0.249 e. The van der Waals surface area contributed by atoms with Gasteiger partial charge in [-0.15, -0.1) is 10.7 Å². The minimum atomic E-state index is -3.70. The van der Waals surface area contributed by atoms with E-state index < -0.39 is 30.7 Å². The maximum absolute atomic E-state index is 12.7. The lowest BCUT2D eigenvalue weighted by atomic mass is 10.3. The van der Waals surface area contributed by atoms with Crippen LogP contribution < -0.4 is 8.86 Å². The summed E-state index contributed by atoms with van der Waals surface area (Å²) in [5.41, 5.74) is 0. The summed E-state index contributed by atoms with van der Waals surface area (Å²) >= 11 is 5.81. The van der Waals surface area contributed by atoms with Crippen LogP contribution in [0.2, 0.25) is 5.02 Å². The highest BCUT2D eigenvalue weighted by Gasteiger charge is 2.27. The topological polar surface area (TPSA) is 92.8 Å². The maximum Gasteiger partial charge on any atom is 0.249 e. The first-order valence-electron chi connectivity index (χ1n) is 8.17. The number of halogens is 1. The predicted octanol–water partition coefficient (Wildman–Crippen LogP) is 2.32. The zero-order valence-corrected chi connectivity index (χ0v) is 18.1. The molecule has 1 aliphatic heterocycles. The maximum atomic E-state index is 12.7. The highest BCUT2D eigenvalue weighted by molar-refractivity contribution is 8.20. The molecule has 2 aromatic rings. The summed E-state index contributed by atoms with van der Waals surface area (Å²) in [5, 5.41) is 2.14. The van der Waals surface area contributed by atoms with Crippen LogP contribution in [-0.4, -0.2) is 52.5 Å². The Morgan fingerprint density at radius 2 is 1.61 bits per heavy atom. The van der Waals surface area contributed by atoms with Gasteiger partial charge in [-0.2, -0.15) is 8.43 Å². The van der Waals surface area contributed by atoms with E-state index in [2.05, 4.69) is 4.13 Å². The van der Waals surface area contributed by atoms with Crippen LogP contribution in [-0.2, 0) is 20.0 Å². The van der Waals surface area contributed by atoms with E-state index in [4.69, 9.17) is 16.3 Å². The zero-order chi connectivity index (χ0) is 20.4. The summed E-state index contributed by atoms with van der Waals surface area (Å²) in [5.74, 6) is 0.927. The van der Waals surface area contributed by atoms with Crippen molar-refractivity contribution in [2.75, 3.05) is 26.0 Å². The predicted molar refractivity (Wildman–Crippen MR) is 112 cm³/mol. The Labute approximate surface area is 172 Å². The first kappa shape index (κ1) is 21.3. The molecule has 152 valence electrons. The second kappa shape index (κ2) is 8.52. The molecule has 0 radical (unpaired) electrons. The van der Waals surface area contributed by atoms with Gasteiger partial charge in [0.15, 0.2) is 0 Å². The summed E-state index contributed by atoms with van der Waals surface area (Å²) in [6.45, 7) is 0.342. The molecule has 0 aromatic heterocycles. The number of sulfonamides is 2. The average molecular weight is 463 g/mol. The van der Waals surface area contributed by atoms with E-state index in [9.17, 15) is 16.8 Å². The molecule has 11 heteroatoms. The van der Waals surface area contributed by atoms with Crippen molar-refractivity contribution in [3.8, 4) is 5.75 Å². The molecule has 1 aliphatic rings. The fourth-order valence-electron chi connectivity index (χ4n) is 2.54. The van der Waals surface area contributed by atoms with E-state index in [-0.39, 0.29) is 22.9 Å². The van der Waals surface area contributed by atoms with Crippen molar-refractivity contribution in [3.63, 3.8) is 0 Å². The molecular weight excluding hydrogens is 444 g/mol. The van der Waals surface area contributed by atoms with Crippen LogP contribution in [0.4, 0.5) is 0 Å². The van der Waals surface area contributed by atoms with Crippen molar-refractivity contribution in [1.29, 1.82) is 0 Å². The molecule has 0 saturated heterocycles. The fraction of sp³-hybridized carbons (Fsp3) is 0.235. The summed E-state index contributed by atoms with van der Waals surface area (Å²) in [7, 11) is -6.61. The van der Waals surface area contributed by atoms with E-state index in [0.29, 0.717) is 16.5 Å². The number of hydrogen-bond acceptors (Lipinski definition) is 5. The Bertz CT molecular complexity index is 1080. The van der Waals surface area contributed by atoms with Gasteiger partial charge in [-0.3, -0.25) is 0 Å². The summed E-state index contributed by atoms with van der Waals surface area (Å²) < 4.78 is 59.4. The van der Waals surface area contributed by atoms with Crippen molar-refractivity contribution >= 4 is 47.7 Å². The summed E-state index contributed by atoms with van der Waals surface area (Å²) in [6, 6.07) is 12.0. The molecule has 3 rings (SSSR count). The van der Waals surface area contributed by atoms with Crippen LogP contribution in [0.1, 0.15) is 0 Å². The number of hydrogen-bond donors (Lipinski definition) is 1. The molecule has 1 unspecified atom stereocenters. The van der Waals surface area contributed by atoms with E-state index in [1.54, 1.807) is 17.5 Å². The number of benzene rings is 2. The first-order valence-corrected chi connectivity index (χ1v) is 12.9. The highest BCUT2D eigenvalue weighted by atomic mass is 35.5. The number of nitrogens with one attached hydrogen (secondary N) is 1. The molecule has 0 aliphatic carbocycles. The fourth-order valence-corrected chi connectivity index (χ4v) is 7.81. The molecule has 0 fully saturated rings. The Morgan fingerprint density at radius 1 is 1.00 bits per heavy atom. The van der Waals surface area contributed by atoms with Crippen molar-refractivity contribution in [2.45, 2.75) is 9.79 Å². The minimum Gasteiger partial charge on any atom is -0.497 e. The van der Waals surface area contributed by atoms with Crippen molar-refractivity contribution in [3.05, 3.63) is 53.6 Å². The quantitative estimate of drug-likeness (QED) is 0.665. The third kappa shape index (κ3) is 4.76. The normalized spacial score (nSPS) is 18.4. The van der Waals surface area contributed by atoms with Gasteiger partial charge in [0, 0.05) is 23.9 Å². The molecule has 1 heterocycles. The number of methoxy groups -OCH3 is 1. The molecule has 1 atom stereocenters. The van der Waals surface area contributed by atoms with Gasteiger partial charge in [0.2, 0.25) is 20.0 Å². The lowest BCUT2D eigenvalue weighted by Crippen LogP contribution is -2.39. The van der Waals surface area contributed by atoms with E-state index in [1.165, 1.54) is 47.8 Å². The summed E-state index contributed by atoms with van der Waals surface area (Å²) in [4.78, 5) is 0.288. The van der Waals surface area contributed by atoms with Gasteiger partial charge in [0.1, 0.15) is 5.75 Å². The minimum absolute atomic E-state index is 0.124. The van der Waals surface area contributed by atoms with Gasteiger partial charge in [-0.25, -0.2) is 16.8 Å². The molecule has 7 nitrogen and oxygen atoms in total. The second-order valence-electron chi connectivity index (χ2n) is 5.88. The average Bonchev–Trinajstić information content (AvgIpc) is 2.68. The molecule has 0 saturated carbocycles. The van der Waals surface area contributed by atoms with E-state index >= 15 is 0 Å². The first-order chi connectivity index (χ1) is 13.2. The molecule has 0 spiro atoms. The van der Waals surface area contributed by atoms with Gasteiger partial charge in [0.25, 0.3) is 0 Å². The Kier molecular flexibility index (Phi) is 6.47. The molecule has 28 heavy (non-hydrogen) atoms. The SMILES string of the molecule is COc1ccc(S(=O)(=O)NS2=CCN(S(=O)(=O)c3ccc(Cl)cc3)CC2)cc1. The van der Waals surface area contributed by atoms with Crippen molar-refractivity contribution < 1.29 is 21.6 Å². The van der Waals surface area contributed by atoms with Gasteiger partial charge in [-0.1, -0.05) is 11.6 Å². The van der Waals surface area contributed by atoms with Gasteiger partial charge in [-0.05, 0) is 53.9 Å². The molecule has 1 N–H and O–H groups in total. The lowest BCUT2D eigenvalue weighted by Gasteiger charge is -2.26. The van der Waals surface area contributed by atoms with Gasteiger partial charge < -0.3 is 4.74 Å². The third-order valence-corrected chi connectivity index (χ3v) is 10.0. The Balaban J connectivity index is 1.71. The van der Waals surface area contributed by atoms with Crippen LogP contribution in [0.3, 0.4) is 0 Å². The zero-order valence-electron chi connectivity index (χ0n) is 14.9. The number of ether oxygens (including phenoxy) is 1. The van der Waals surface area contributed by atoms with Crippen LogP contribution in [0.5, 0.6) is 5.75 Å². The second-order valence-corrected chi connectivity index (χ2v) is 12.0. The monoisotopic (exact) mass is 462 g/mol. The Hall–Kier alpha value is -1.43. The number of nitrogens with zero attached hydrogens (tertiary/aromatic N) is 1. The van der Waals surface area contributed by atoms with Crippen molar-refractivity contribution in [2.24, 2.45) is 0 Å². The van der Waals surface area contributed by atoms with Crippen LogP contribution in [0.15, 0.2) is 58.3 Å². The standard InChI is InChI=1S/C17H19ClN2O5S3/c1-25-15-4-8-16(9-5-15)27(21,22)19-26-12-10-20(11-13-26)28(23,24)17-6-2-14(18)3-7-17/h2-9,12,19H,10-11,13H2,1H3. The van der Waals surface area contributed by atoms with Gasteiger partial charge >= 0.3 is 0 Å². The highest BCUT2D eigenvalue weighted by Crippen LogP contribution is 2.24. The van der Waals surface area contributed by atoms with Crippen molar-refractivity contribution in [1.82, 2.24) is 8.43 Å². The largest absolute Gasteiger partial charge is 0.497 e. The van der Waals surface area contributed by atoms with Crippen LogP contribution in [0.25, 0.3) is 0 Å². The number of rotatable bonds is 6. The van der Waals surface area contributed by atoms with Crippen LogP contribution in [0, 0.1) is 0 Å². The van der Waals surface area contributed by atoms with E-state index in [1.807, 2.05) is 0 Å². The molecule has 0 amide bonds.